The minimum absolute atomic E-state index is 0.215. The molecular formula is C69H45F2N. The van der Waals surface area contributed by atoms with Gasteiger partial charge in [0.1, 0.15) is 11.6 Å². The van der Waals surface area contributed by atoms with Gasteiger partial charge in [0.15, 0.2) is 0 Å². The molecule has 0 radical (unpaired) electrons. The molecule has 0 N–H and O–H groups in total. The Morgan fingerprint density at radius 2 is 0.764 bits per heavy atom. The first-order valence-corrected chi connectivity index (χ1v) is 24.5. The lowest BCUT2D eigenvalue weighted by molar-refractivity contribution is 0.628. The van der Waals surface area contributed by atoms with Crippen LogP contribution in [0.15, 0.2) is 261 Å². The van der Waals surface area contributed by atoms with Crippen LogP contribution in [0.4, 0.5) is 25.8 Å². The maximum atomic E-state index is 15.2. The average molecular weight is 926 g/mol. The summed E-state index contributed by atoms with van der Waals surface area (Å²) in [6.45, 7) is 0. The maximum absolute atomic E-state index is 15.2. The molecule has 0 aliphatic heterocycles. The van der Waals surface area contributed by atoms with E-state index in [9.17, 15) is 4.39 Å². The van der Waals surface area contributed by atoms with E-state index in [0.29, 0.717) is 5.39 Å². The molecule has 0 heterocycles. The molecule has 13 rings (SSSR count). The quantitative estimate of drug-likeness (QED) is 0.103. The normalized spacial score (nSPS) is 12.6. The molecule has 0 bridgehead atoms. The minimum atomic E-state index is -0.648. The number of benzene rings is 12. The van der Waals surface area contributed by atoms with Crippen LogP contribution in [-0.4, -0.2) is 0 Å². The van der Waals surface area contributed by atoms with Crippen molar-refractivity contribution in [2.24, 2.45) is 0 Å². The van der Waals surface area contributed by atoms with Crippen LogP contribution in [-0.2, 0) is 5.41 Å². The Morgan fingerprint density at radius 3 is 1.38 bits per heavy atom. The summed E-state index contributed by atoms with van der Waals surface area (Å²) in [6.07, 6.45) is 4.43. The first-order chi connectivity index (χ1) is 35.5. The molecule has 12 aromatic carbocycles. The summed E-state index contributed by atoms with van der Waals surface area (Å²) in [4.78, 5) is 2.21. The zero-order valence-corrected chi connectivity index (χ0v) is 39.2. The molecule has 1 aliphatic rings. The van der Waals surface area contributed by atoms with E-state index in [4.69, 9.17) is 0 Å². The fraction of sp³-hybridized carbons (Fsp3) is 0.0145. The van der Waals surface area contributed by atoms with Gasteiger partial charge in [0.2, 0.25) is 0 Å². The summed E-state index contributed by atoms with van der Waals surface area (Å²) < 4.78 is 29.6. The van der Waals surface area contributed by atoms with Crippen LogP contribution < -0.4 is 4.90 Å². The molecule has 12 aromatic rings. The van der Waals surface area contributed by atoms with E-state index in [-0.39, 0.29) is 11.6 Å². The monoisotopic (exact) mass is 925 g/mol. The molecule has 0 fully saturated rings. The fourth-order valence-corrected chi connectivity index (χ4v) is 11.5. The third-order valence-corrected chi connectivity index (χ3v) is 14.7. The second-order valence-corrected chi connectivity index (χ2v) is 18.6. The standard InChI is InChI=1S/C69H45F2N/c70-51-35-37-53(38-36-51)72(52-20-8-3-9-21-52)54-39-41-57-56-40-32-47(44-64(56)69(65(57)45-54,49-16-4-1-5-17-49)50-18-6-2-7-19-50)29-28-46-30-33-48(34-31-46)67-59-24-12-14-26-61(59)68(62-27-15-13-25-60(62)67)63-42-43-66(71)58-23-11-10-22-55(58)63/h1-45H/b29-28+. The first-order valence-electron chi connectivity index (χ1n) is 24.5. The number of fused-ring (bicyclic) bond motifs is 6. The molecule has 0 spiro atoms. The summed E-state index contributed by atoms with van der Waals surface area (Å²) in [7, 11) is 0. The van der Waals surface area contributed by atoms with E-state index in [1.807, 2.05) is 60.7 Å². The van der Waals surface area contributed by atoms with Crippen molar-refractivity contribution in [1.29, 1.82) is 0 Å². The van der Waals surface area contributed by atoms with Crippen molar-refractivity contribution in [3.8, 4) is 33.4 Å². The second kappa shape index (κ2) is 17.7. The highest BCUT2D eigenvalue weighted by Crippen LogP contribution is 2.58. The third kappa shape index (κ3) is 7.04. The highest BCUT2D eigenvalue weighted by Gasteiger charge is 2.46. The molecule has 0 aromatic heterocycles. The fourth-order valence-electron chi connectivity index (χ4n) is 11.5. The van der Waals surface area contributed by atoms with Crippen LogP contribution in [0.1, 0.15) is 33.4 Å². The van der Waals surface area contributed by atoms with Gasteiger partial charge in [-0.15, -0.1) is 0 Å². The summed E-state index contributed by atoms with van der Waals surface area (Å²) in [5.74, 6) is -0.485. The SMILES string of the molecule is Fc1ccc(N(c2ccccc2)c2ccc3c(c2)C(c2ccccc2)(c2ccccc2)c2cc(/C=C/c4ccc(-c5c6ccccc6c(-c6ccc(F)c7ccccc67)c6ccccc56)cc4)ccc2-3)cc1. The topological polar surface area (TPSA) is 3.24 Å². The molecule has 0 unspecified atom stereocenters. The van der Waals surface area contributed by atoms with E-state index in [0.717, 1.165) is 71.8 Å². The molecular weight excluding hydrogens is 881 g/mol. The molecule has 1 nitrogen and oxygen atoms in total. The molecule has 0 atom stereocenters. The largest absolute Gasteiger partial charge is 0.310 e. The Hall–Kier alpha value is -9.18. The molecule has 0 saturated carbocycles. The van der Waals surface area contributed by atoms with Crippen molar-refractivity contribution in [1.82, 2.24) is 0 Å². The van der Waals surface area contributed by atoms with Crippen molar-refractivity contribution in [2.75, 3.05) is 4.90 Å². The highest BCUT2D eigenvalue weighted by molar-refractivity contribution is 6.23. The molecule has 340 valence electrons. The van der Waals surface area contributed by atoms with Crippen LogP contribution in [0, 0.1) is 11.6 Å². The first kappa shape index (κ1) is 42.9. The van der Waals surface area contributed by atoms with Crippen molar-refractivity contribution in [3.63, 3.8) is 0 Å². The number of halogens is 2. The van der Waals surface area contributed by atoms with Crippen LogP contribution in [0.5, 0.6) is 0 Å². The molecule has 3 heteroatoms. The van der Waals surface area contributed by atoms with Gasteiger partial charge < -0.3 is 4.90 Å². The van der Waals surface area contributed by atoms with E-state index in [1.165, 1.54) is 51.1 Å². The average Bonchev–Trinajstić information content (AvgIpc) is 3.73. The Labute approximate surface area is 417 Å². The van der Waals surface area contributed by atoms with Gasteiger partial charge in [0, 0.05) is 22.4 Å². The van der Waals surface area contributed by atoms with Gasteiger partial charge in [0.05, 0.1) is 5.41 Å². The number of nitrogens with zero attached hydrogens (tertiary/aromatic N) is 1. The Morgan fingerprint density at radius 1 is 0.319 bits per heavy atom. The summed E-state index contributed by atoms with van der Waals surface area (Å²) >= 11 is 0. The lowest BCUT2D eigenvalue weighted by atomic mass is 9.67. The molecule has 1 aliphatic carbocycles. The van der Waals surface area contributed by atoms with Crippen molar-refractivity contribution in [2.45, 2.75) is 5.41 Å². The number of hydrogen-bond acceptors (Lipinski definition) is 1. The molecule has 72 heavy (non-hydrogen) atoms. The van der Waals surface area contributed by atoms with Gasteiger partial charge in [-0.25, -0.2) is 8.78 Å². The Balaban J connectivity index is 0.913. The van der Waals surface area contributed by atoms with Gasteiger partial charge in [-0.1, -0.05) is 212 Å². The highest BCUT2D eigenvalue weighted by atomic mass is 19.1. The van der Waals surface area contributed by atoms with E-state index < -0.39 is 5.41 Å². The van der Waals surface area contributed by atoms with E-state index >= 15 is 4.39 Å². The number of hydrogen-bond donors (Lipinski definition) is 0. The lowest BCUT2D eigenvalue weighted by Crippen LogP contribution is -2.28. The van der Waals surface area contributed by atoms with Crippen molar-refractivity contribution >= 4 is 61.5 Å². The summed E-state index contributed by atoms with van der Waals surface area (Å²) in [6, 6.07) is 89.8. The van der Waals surface area contributed by atoms with Crippen LogP contribution >= 0.6 is 0 Å². The van der Waals surface area contributed by atoms with Crippen LogP contribution in [0.2, 0.25) is 0 Å². The predicted octanol–water partition coefficient (Wildman–Crippen LogP) is 18.8. The number of anilines is 3. The van der Waals surface area contributed by atoms with E-state index in [2.05, 4.69) is 199 Å². The van der Waals surface area contributed by atoms with E-state index in [1.54, 1.807) is 6.07 Å². The lowest BCUT2D eigenvalue weighted by Gasteiger charge is -2.35. The Bertz CT molecular complexity index is 3930. The van der Waals surface area contributed by atoms with Crippen molar-refractivity contribution < 1.29 is 8.78 Å². The maximum Gasteiger partial charge on any atom is 0.131 e. The summed E-state index contributed by atoms with van der Waals surface area (Å²) in [5, 5.41) is 6.08. The number of rotatable bonds is 9. The van der Waals surface area contributed by atoms with Crippen molar-refractivity contribution in [3.05, 3.63) is 306 Å². The smallest absolute Gasteiger partial charge is 0.131 e. The third-order valence-electron chi connectivity index (χ3n) is 14.7. The minimum Gasteiger partial charge on any atom is -0.310 e. The van der Waals surface area contributed by atoms with Crippen LogP contribution in [0.3, 0.4) is 0 Å². The Kier molecular flexibility index (Phi) is 10.5. The van der Waals surface area contributed by atoms with Gasteiger partial charge in [-0.2, -0.15) is 0 Å². The second-order valence-electron chi connectivity index (χ2n) is 18.6. The van der Waals surface area contributed by atoms with Crippen LogP contribution in [0.25, 0.3) is 77.9 Å². The van der Waals surface area contributed by atoms with Gasteiger partial charge in [0.25, 0.3) is 0 Å². The van der Waals surface area contributed by atoms with Gasteiger partial charge in [-0.3, -0.25) is 0 Å². The van der Waals surface area contributed by atoms with Gasteiger partial charge >= 0.3 is 0 Å². The number of para-hydroxylation sites is 1. The molecule has 0 amide bonds. The summed E-state index contributed by atoms with van der Waals surface area (Å²) in [5.41, 5.74) is 16.0. The zero-order valence-electron chi connectivity index (χ0n) is 39.2. The van der Waals surface area contributed by atoms with Gasteiger partial charge in [-0.05, 0) is 154 Å². The predicted molar refractivity (Wildman–Crippen MR) is 297 cm³/mol. The molecule has 0 saturated heterocycles. The zero-order chi connectivity index (χ0) is 48.2.